The molecular formula is C14H22O. The highest BCUT2D eigenvalue weighted by Crippen LogP contribution is 1.96. The molecular weight excluding hydrogens is 184 g/mol. The Kier molecular flexibility index (Phi) is 10.2. The molecule has 1 nitrogen and oxygen atoms in total. The van der Waals surface area contributed by atoms with Crippen LogP contribution < -0.4 is 0 Å². The van der Waals surface area contributed by atoms with Gasteiger partial charge in [-0.3, -0.25) is 0 Å². The predicted molar refractivity (Wildman–Crippen MR) is 66.9 cm³/mol. The number of carbonyl (C=O) groups excluding carboxylic acids is 1. The van der Waals surface area contributed by atoms with Crippen LogP contribution in [0.1, 0.15) is 46.0 Å². The van der Waals surface area contributed by atoms with Crippen molar-refractivity contribution < 1.29 is 4.79 Å². The van der Waals surface area contributed by atoms with E-state index in [0.29, 0.717) is 6.42 Å². The summed E-state index contributed by atoms with van der Waals surface area (Å²) in [6, 6.07) is 0. The van der Waals surface area contributed by atoms with Crippen molar-refractivity contribution in [1.29, 1.82) is 0 Å². The van der Waals surface area contributed by atoms with Crippen molar-refractivity contribution in [2.45, 2.75) is 46.0 Å². The molecule has 0 rings (SSSR count). The van der Waals surface area contributed by atoms with Crippen molar-refractivity contribution in [1.82, 2.24) is 0 Å². The second-order valence-corrected chi connectivity index (χ2v) is 3.53. The zero-order valence-electron chi connectivity index (χ0n) is 9.91. The lowest BCUT2D eigenvalue weighted by Gasteiger charge is -1.87. The molecule has 0 unspecified atom stereocenters. The van der Waals surface area contributed by atoms with Gasteiger partial charge in [-0.2, -0.15) is 0 Å². The minimum Gasteiger partial charge on any atom is -0.300 e. The number of Topliss-reactive ketones (excluding diaryl/α,β-unsaturated/α-hetero) is 1. The summed E-state index contributed by atoms with van der Waals surface area (Å²) in [6.45, 7) is 3.77. The highest BCUT2D eigenvalue weighted by Gasteiger charge is 1.87. The number of allylic oxidation sites excluding steroid dienone is 6. The van der Waals surface area contributed by atoms with Gasteiger partial charge < -0.3 is 4.79 Å². The maximum atomic E-state index is 10.6. The van der Waals surface area contributed by atoms with E-state index in [1.54, 1.807) is 6.92 Å². The van der Waals surface area contributed by atoms with Crippen molar-refractivity contribution in [3.63, 3.8) is 0 Å². The maximum Gasteiger partial charge on any atom is 0.130 e. The van der Waals surface area contributed by atoms with E-state index in [1.807, 2.05) is 0 Å². The van der Waals surface area contributed by atoms with Crippen LogP contribution in [-0.2, 0) is 4.79 Å². The molecule has 0 N–H and O–H groups in total. The van der Waals surface area contributed by atoms with Gasteiger partial charge in [-0.1, -0.05) is 43.4 Å². The first kappa shape index (κ1) is 13.9. The maximum absolute atomic E-state index is 10.6. The van der Waals surface area contributed by atoms with E-state index >= 15 is 0 Å². The zero-order chi connectivity index (χ0) is 11.4. The lowest BCUT2D eigenvalue weighted by Crippen LogP contribution is -1.85. The van der Waals surface area contributed by atoms with E-state index in [4.69, 9.17) is 0 Å². The Bertz CT molecular complexity index is 234. The van der Waals surface area contributed by atoms with Crippen LogP contribution in [0.2, 0.25) is 0 Å². The molecule has 0 saturated carbocycles. The molecule has 1 heteroatoms. The van der Waals surface area contributed by atoms with Crippen LogP contribution in [0.5, 0.6) is 0 Å². The summed E-state index contributed by atoms with van der Waals surface area (Å²) in [5.74, 6) is 0.264. The monoisotopic (exact) mass is 206 g/mol. The highest BCUT2D eigenvalue weighted by atomic mass is 16.1. The lowest BCUT2D eigenvalue weighted by molar-refractivity contribution is -0.116. The Labute approximate surface area is 93.6 Å². The van der Waals surface area contributed by atoms with Gasteiger partial charge in [-0.05, 0) is 32.6 Å². The molecule has 0 aromatic rings. The first-order chi connectivity index (χ1) is 7.27. The average Bonchev–Trinajstić information content (AvgIpc) is 2.20. The molecule has 0 saturated heterocycles. The fourth-order valence-electron chi connectivity index (χ4n) is 1.11. The number of ketones is 1. The average molecular weight is 206 g/mol. The molecule has 84 valence electrons. The van der Waals surface area contributed by atoms with Crippen LogP contribution in [-0.4, -0.2) is 5.78 Å². The van der Waals surface area contributed by atoms with Crippen molar-refractivity contribution in [3.8, 4) is 0 Å². The molecule has 0 aromatic carbocycles. The molecule has 0 aliphatic heterocycles. The number of carbonyl (C=O) groups is 1. The van der Waals surface area contributed by atoms with Gasteiger partial charge in [0.15, 0.2) is 0 Å². The van der Waals surface area contributed by atoms with Gasteiger partial charge in [0, 0.05) is 6.42 Å². The van der Waals surface area contributed by atoms with Crippen LogP contribution in [0.3, 0.4) is 0 Å². The van der Waals surface area contributed by atoms with Crippen molar-refractivity contribution in [2.24, 2.45) is 0 Å². The molecule has 0 spiro atoms. The molecule has 0 radical (unpaired) electrons. The molecule has 0 aliphatic carbocycles. The molecule has 0 aliphatic rings. The third-order valence-electron chi connectivity index (χ3n) is 1.94. The molecule has 0 fully saturated rings. The second kappa shape index (κ2) is 11.0. The van der Waals surface area contributed by atoms with E-state index in [-0.39, 0.29) is 5.78 Å². The topological polar surface area (TPSA) is 17.1 Å². The minimum atomic E-state index is 0.264. The first-order valence-corrected chi connectivity index (χ1v) is 5.71. The largest absolute Gasteiger partial charge is 0.300 e. The minimum absolute atomic E-state index is 0.264. The third-order valence-corrected chi connectivity index (χ3v) is 1.94. The Balaban J connectivity index is 3.36. The Morgan fingerprint density at radius 1 is 0.933 bits per heavy atom. The van der Waals surface area contributed by atoms with E-state index < -0.39 is 0 Å². The van der Waals surface area contributed by atoms with Gasteiger partial charge in [0.2, 0.25) is 0 Å². The summed E-state index contributed by atoms with van der Waals surface area (Å²) >= 11 is 0. The zero-order valence-corrected chi connectivity index (χ0v) is 9.91. The Morgan fingerprint density at radius 3 is 2.00 bits per heavy atom. The predicted octanol–water partition coefficient (Wildman–Crippen LogP) is 4.21. The van der Waals surface area contributed by atoms with E-state index in [1.165, 1.54) is 0 Å². The van der Waals surface area contributed by atoms with Crippen LogP contribution in [0, 0.1) is 0 Å². The van der Waals surface area contributed by atoms with E-state index in [2.05, 4.69) is 43.4 Å². The Hall–Kier alpha value is -1.11. The van der Waals surface area contributed by atoms with Crippen LogP contribution >= 0.6 is 0 Å². The standard InChI is InChI=1S/C14H22O/c1-3-4-5-6-7-8-9-10-11-12-13-14(2)15/h4-5,7-8,10-11H,3,6,9,12-13H2,1-2H3/b5-4-,8-7-,11-10+. The van der Waals surface area contributed by atoms with Gasteiger partial charge in [0.25, 0.3) is 0 Å². The van der Waals surface area contributed by atoms with Gasteiger partial charge in [-0.25, -0.2) is 0 Å². The summed E-state index contributed by atoms with van der Waals surface area (Å²) in [5.41, 5.74) is 0. The van der Waals surface area contributed by atoms with Gasteiger partial charge in [0.1, 0.15) is 5.78 Å². The van der Waals surface area contributed by atoms with Crippen molar-refractivity contribution in [2.75, 3.05) is 0 Å². The molecule has 0 heterocycles. The third kappa shape index (κ3) is 12.9. The summed E-state index contributed by atoms with van der Waals surface area (Å²) < 4.78 is 0. The van der Waals surface area contributed by atoms with Crippen LogP contribution in [0.15, 0.2) is 36.5 Å². The smallest absolute Gasteiger partial charge is 0.130 e. The molecule has 15 heavy (non-hydrogen) atoms. The fraction of sp³-hybridized carbons (Fsp3) is 0.500. The number of hydrogen-bond acceptors (Lipinski definition) is 1. The van der Waals surface area contributed by atoms with E-state index in [0.717, 1.165) is 25.7 Å². The number of rotatable bonds is 8. The van der Waals surface area contributed by atoms with Gasteiger partial charge in [-0.15, -0.1) is 0 Å². The molecule has 0 atom stereocenters. The normalized spacial score (nSPS) is 12.1. The SMILES string of the molecule is CC/C=C\C/C=C\C/C=C/CCC(C)=O. The fourth-order valence-corrected chi connectivity index (χ4v) is 1.11. The van der Waals surface area contributed by atoms with E-state index in [9.17, 15) is 4.79 Å². The van der Waals surface area contributed by atoms with Crippen molar-refractivity contribution in [3.05, 3.63) is 36.5 Å². The molecule has 0 bridgehead atoms. The van der Waals surface area contributed by atoms with Crippen LogP contribution in [0.25, 0.3) is 0 Å². The van der Waals surface area contributed by atoms with Crippen LogP contribution in [0.4, 0.5) is 0 Å². The van der Waals surface area contributed by atoms with Gasteiger partial charge in [0.05, 0.1) is 0 Å². The Morgan fingerprint density at radius 2 is 1.47 bits per heavy atom. The van der Waals surface area contributed by atoms with Gasteiger partial charge >= 0.3 is 0 Å². The number of hydrogen-bond donors (Lipinski definition) is 0. The quantitative estimate of drug-likeness (QED) is 0.543. The highest BCUT2D eigenvalue weighted by molar-refractivity contribution is 5.75. The first-order valence-electron chi connectivity index (χ1n) is 5.71. The van der Waals surface area contributed by atoms with Crippen molar-refractivity contribution >= 4 is 5.78 Å². The second-order valence-electron chi connectivity index (χ2n) is 3.53. The summed E-state index contributed by atoms with van der Waals surface area (Å²) in [6.07, 6.45) is 17.5. The summed E-state index contributed by atoms with van der Waals surface area (Å²) in [5, 5.41) is 0. The molecule has 0 aromatic heterocycles. The summed E-state index contributed by atoms with van der Waals surface area (Å²) in [7, 11) is 0. The summed E-state index contributed by atoms with van der Waals surface area (Å²) in [4.78, 5) is 10.6. The molecule has 0 amide bonds. The lowest BCUT2D eigenvalue weighted by atomic mass is 10.2.